The van der Waals surface area contributed by atoms with Crippen molar-refractivity contribution in [1.29, 1.82) is 5.26 Å². The van der Waals surface area contributed by atoms with Crippen molar-refractivity contribution in [2.24, 2.45) is 5.10 Å². The number of nitrogens with one attached hydrogen (secondary N) is 1. The highest BCUT2D eigenvalue weighted by Gasteiger charge is 2.26. The molecule has 1 aliphatic rings. The van der Waals surface area contributed by atoms with Gasteiger partial charge in [0.05, 0.1) is 28.0 Å². The van der Waals surface area contributed by atoms with Crippen molar-refractivity contribution in [1.82, 2.24) is 20.1 Å². The maximum Gasteiger partial charge on any atom is 0.347 e. The largest absolute Gasteiger partial charge is 0.434 e. The van der Waals surface area contributed by atoms with Gasteiger partial charge in [0.25, 0.3) is 5.56 Å². The molecule has 3 aromatic rings. The summed E-state index contributed by atoms with van der Waals surface area (Å²) >= 11 is 12.7. The second-order valence-corrected chi connectivity index (χ2v) is 7.46. The number of nitrogens with zero attached hydrogens (tertiary/aromatic N) is 6. The molecular weight excluding hydrogens is 469 g/mol. The summed E-state index contributed by atoms with van der Waals surface area (Å²) < 4.78 is 6.94. The maximum absolute atomic E-state index is 12.3. The lowest BCUT2D eigenvalue weighted by Gasteiger charge is -2.24. The molecule has 2 amide bonds. The van der Waals surface area contributed by atoms with Gasteiger partial charge in [0.15, 0.2) is 11.5 Å². The van der Waals surface area contributed by atoms with Crippen molar-refractivity contribution in [2.45, 2.75) is 6.54 Å². The Hall–Kier alpha value is -4.20. The molecule has 12 heteroatoms. The number of anilines is 1. The number of hydrazone groups is 1. The second kappa shape index (κ2) is 9.12. The highest BCUT2D eigenvalue weighted by Crippen LogP contribution is 2.39. The minimum absolute atomic E-state index is 0.0511. The van der Waals surface area contributed by atoms with Crippen LogP contribution in [0.25, 0.3) is 0 Å². The van der Waals surface area contributed by atoms with Gasteiger partial charge in [0.2, 0.25) is 5.88 Å². The van der Waals surface area contributed by atoms with Crippen LogP contribution in [0.1, 0.15) is 5.56 Å². The van der Waals surface area contributed by atoms with Gasteiger partial charge in [-0.2, -0.15) is 15.4 Å². The summed E-state index contributed by atoms with van der Waals surface area (Å²) in [6, 6.07) is 10.2. The predicted octanol–water partition coefficient (Wildman–Crippen LogP) is 3.71. The Kier molecular flexibility index (Phi) is 6.08. The monoisotopic (exact) mass is 481 g/mol. The molecule has 0 saturated carbocycles. The molecule has 3 heterocycles. The number of aromatic nitrogens is 3. The zero-order chi connectivity index (χ0) is 23.5. The summed E-state index contributed by atoms with van der Waals surface area (Å²) in [5.74, 6) is 0.138. The van der Waals surface area contributed by atoms with Crippen LogP contribution in [-0.2, 0) is 6.54 Å². The molecule has 10 nitrogen and oxygen atoms in total. The van der Waals surface area contributed by atoms with Crippen LogP contribution in [0, 0.1) is 11.3 Å². The number of carbonyl (C=O) groups is 1. The molecular formula is C21H13Cl2N7O3. The first-order valence-corrected chi connectivity index (χ1v) is 10.0. The Morgan fingerprint density at radius 2 is 1.94 bits per heavy atom. The summed E-state index contributed by atoms with van der Waals surface area (Å²) in [5, 5.41) is 20.7. The van der Waals surface area contributed by atoms with Crippen LogP contribution in [0.4, 0.5) is 10.5 Å². The molecule has 2 aromatic heterocycles. The number of amides is 2. The standard InChI is InChI=1S/C21H13Cl2N7O3/c1-12-17(9-24)27-30(21(32)26-12)14-7-15(22)20(16(23)8-14)33-18-4-5-19(31)29(28-18)11-13-3-2-6-25-10-13/h2-8,10H,1,11H2,(H,26,32). The molecule has 0 bridgehead atoms. The van der Waals surface area contributed by atoms with E-state index in [0.717, 1.165) is 10.6 Å². The van der Waals surface area contributed by atoms with Crippen LogP contribution in [0.15, 0.2) is 71.0 Å². The van der Waals surface area contributed by atoms with Crippen LogP contribution in [-0.4, -0.2) is 26.5 Å². The zero-order valence-corrected chi connectivity index (χ0v) is 18.2. The van der Waals surface area contributed by atoms with Gasteiger partial charge in [0, 0.05) is 24.5 Å². The van der Waals surface area contributed by atoms with Crippen molar-refractivity contribution in [3.63, 3.8) is 0 Å². The van der Waals surface area contributed by atoms with Crippen LogP contribution in [0.3, 0.4) is 0 Å². The van der Waals surface area contributed by atoms with Crippen LogP contribution < -0.4 is 20.6 Å². The molecule has 0 saturated heterocycles. The van der Waals surface area contributed by atoms with Gasteiger partial charge in [0.1, 0.15) is 6.07 Å². The second-order valence-electron chi connectivity index (χ2n) is 6.65. The molecule has 33 heavy (non-hydrogen) atoms. The van der Waals surface area contributed by atoms with Crippen molar-refractivity contribution < 1.29 is 9.53 Å². The number of pyridine rings is 1. The summed E-state index contributed by atoms with van der Waals surface area (Å²) in [7, 11) is 0. The van der Waals surface area contributed by atoms with Gasteiger partial charge < -0.3 is 10.1 Å². The number of hydrogen-bond donors (Lipinski definition) is 1. The molecule has 0 spiro atoms. The molecule has 4 rings (SSSR count). The molecule has 1 aromatic carbocycles. The highest BCUT2D eigenvalue weighted by atomic mass is 35.5. The molecule has 0 fully saturated rings. The molecule has 0 aliphatic carbocycles. The van der Waals surface area contributed by atoms with Crippen LogP contribution in [0.2, 0.25) is 10.0 Å². The summed E-state index contributed by atoms with van der Waals surface area (Å²) in [6.07, 6.45) is 3.25. The van der Waals surface area contributed by atoms with Gasteiger partial charge in [-0.05, 0) is 23.8 Å². The van der Waals surface area contributed by atoms with E-state index >= 15 is 0 Å². The third-order valence-corrected chi connectivity index (χ3v) is 4.93. The number of rotatable bonds is 5. The number of halogens is 2. The molecule has 0 unspecified atom stereocenters. The van der Waals surface area contributed by atoms with E-state index < -0.39 is 6.03 Å². The third kappa shape index (κ3) is 4.69. The lowest BCUT2D eigenvalue weighted by Crippen LogP contribution is -2.42. The highest BCUT2D eigenvalue weighted by molar-refractivity contribution is 6.37. The van der Waals surface area contributed by atoms with Crippen LogP contribution >= 0.6 is 23.2 Å². The maximum atomic E-state index is 12.3. The minimum Gasteiger partial charge on any atom is -0.434 e. The molecule has 1 aliphatic heterocycles. The normalized spacial score (nSPS) is 13.2. The Morgan fingerprint density at radius 1 is 1.18 bits per heavy atom. The summed E-state index contributed by atoms with van der Waals surface area (Å²) in [4.78, 5) is 28.4. The van der Waals surface area contributed by atoms with Gasteiger partial charge >= 0.3 is 6.03 Å². The van der Waals surface area contributed by atoms with Gasteiger partial charge in [-0.25, -0.2) is 9.48 Å². The SMILES string of the molecule is C=C1NC(=O)N(c2cc(Cl)c(Oc3ccc(=O)n(Cc4cccnc4)n3)c(Cl)c2)N=C1C#N. The van der Waals surface area contributed by atoms with Gasteiger partial charge in [-0.15, -0.1) is 5.10 Å². The smallest absolute Gasteiger partial charge is 0.347 e. The third-order valence-electron chi connectivity index (χ3n) is 4.37. The zero-order valence-electron chi connectivity index (χ0n) is 16.7. The fourth-order valence-corrected chi connectivity index (χ4v) is 3.40. The predicted molar refractivity (Wildman–Crippen MR) is 122 cm³/mol. The Balaban J connectivity index is 1.63. The molecule has 0 radical (unpaired) electrons. The topological polar surface area (TPSA) is 126 Å². The van der Waals surface area contributed by atoms with Crippen molar-refractivity contribution >= 4 is 40.6 Å². The number of nitriles is 1. The van der Waals surface area contributed by atoms with E-state index in [2.05, 4.69) is 27.1 Å². The number of hydrogen-bond acceptors (Lipinski definition) is 7. The number of allylic oxidation sites excluding steroid dienone is 1. The van der Waals surface area contributed by atoms with Crippen molar-refractivity contribution in [3.8, 4) is 17.7 Å². The van der Waals surface area contributed by atoms with Gasteiger partial charge in [-0.1, -0.05) is 35.8 Å². The number of urea groups is 1. The van der Waals surface area contributed by atoms with Gasteiger partial charge in [-0.3, -0.25) is 9.78 Å². The Labute approximate surface area is 196 Å². The number of carbonyl (C=O) groups excluding carboxylic acids is 1. The summed E-state index contributed by atoms with van der Waals surface area (Å²) in [6.45, 7) is 3.76. The first kappa shape index (κ1) is 22.0. The summed E-state index contributed by atoms with van der Waals surface area (Å²) in [5.41, 5.74) is 0.669. The van der Waals surface area contributed by atoms with E-state index in [1.807, 2.05) is 12.1 Å². The van der Waals surface area contributed by atoms with E-state index in [1.54, 1.807) is 18.5 Å². The average Bonchev–Trinajstić information content (AvgIpc) is 2.79. The van der Waals surface area contributed by atoms with E-state index in [4.69, 9.17) is 33.2 Å². The fourth-order valence-electron chi connectivity index (χ4n) is 2.85. The van der Waals surface area contributed by atoms with E-state index in [0.29, 0.717) is 0 Å². The lowest BCUT2D eigenvalue weighted by molar-refractivity contribution is 0.248. The minimum atomic E-state index is -0.635. The molecule has 0 atom stereocenters. The first-order valence-electron chi connectivity index (χ1n) is 9.29. The van der Waals surface area contributed by atoms with E-state index in [1.165, 1.54) is 28.9 Å². The average molecular weight is 482 g/mol. The number of benzene rings is 1. The van der Waals surface area contributed by atoms with E-state index in [-0.39, 0.29) is 50.9 Å². The van der Waals surface area contributed by atoms with Crippen LogP contribution in [0.5, 0.6) is 11.6 Å². The molecule has 1 N–H and O–H groups in total. The molecule has 164 valence electrons. The Morgan fingerprint density at radius 3 is 2.61 bits per heavy atom. The lowest BCUT2D eigenvalue weighted by atomic mass is 10.2. The quantitative estimate of drug-likeness (QED) is 0.591. The van der Waals surface area contributed by atoms with E-state index in [9.17, 15) is 9.59 Å². The Bertz CT molecular complexity index is 1370. The first-order chi connectivity index (χ1) is 15.9. The fraction of sp³-hybridized carbons (Fsp3) is 0.0476. The number of ether oxygens (including phenoxy) is 1. The van der Waals surface area contributed by atoms with Crippen molar-refractivity contribution in [3.05, 3.63) is 87.0 Å². The van der Waals surface area contributed by atoms with Crippen molar-refractivity contribution in [2.75, 3.05) is 5.01 Å².